The second-order valence-electron chi connectivity index (χ2n) is 6.23. The molecule has 8 heteroatoms. The number of anilines is 1. The third-order valence-electron chi connectivity index (χ3n) is 4.31. The van der Waals surface area contributed by atoms with Crippen molar-refractivity contribution in [2.24, 2.45) is 0 Å². The van der Waals surface area contributed by atoms with Gasteiger partial charge in [-0.3, -0.25) is 14.4 Å². The first kappa shape index (κ1) is 18.3. The molecule has 2 amide bonds. The summed E-state index contributed by atoms with van der Waals surface area (Å²) in [6.07, 6.45) is 2.93. The zero-order valence-corrected chi connectivity index (χ0v) is 15.3. The van der Waals surface area contributed by atoms with Gasteiger partial charge < -0.3 is 19.9 Å². The first-order chi connectivity index (χ1) is 12.5. The van der Waals surface area contributed by atoms with Crippen molar-refractivity contribution in [3.63, 3.8) is 0 Å². The van der Waals surface area contributed by atoms with Crippen molar-refractivity contribution < 1.29 is 19.5 Å². The van der Waals surface area contributed by atoms with Crippen LogP contribution in [0.15, 0.2) is 30.5 Å². The third-order valence-corrected chi connectivity index (χ3v) is 5.33. The number of hydrogen-bond donors (Lipinski definition) is 2. The van der Waals surface area contributed by atoms with E-state index in [4.69, 9.17) is 5.11 Å². The van der Waals surface area contributed by atoms with Gasteiger partial charge in [-0.15, -0.1) is 11.8 Å². The number of carboxylic acid groups (broad SMARTS) is 1. The molecule has 1 fully saturated rings. The number of carbonyl (C=O) groups is 3. The molecule has 1 aromatic carbocycles. The summed E-state index contributed by atoms with van der Waals surface area (Å²) in [5.41, 5.74) is 1.43. The number of benzene rings is 1. The van der Waals surface area contributed by atoms with Gasteiger partial charge in [-0.25, -0.2) is 0 Å². The second kappa shape index (κ2) is 7.82. The zero-order chi connectivity index (χ0) is 18.7. The Labute approximate surface area is 155 Å². The Hall–Kier alpha value is -2.48. The smallest absolute Gasteiger partial charge is 0.323 e. The summed E-state index contributed by atoms with van der Waals surface area (Å²) in [6, 6.07) is 6.71. The number of hydrogen-bond acceptors (Lipinski definition) is 4. The number of carbonyl (C=O) groups excluding carboxylic acids is 2. The third kappa shape index (κ3) is 3.85. The highest BCUT2D eigenvalue weighted by Crippen LogP contribution is 2.25. The standard InChI is InChI=1S/C18H21N3O4S/c1-2-3-16(22)21-11-26-10-15(21)18(25)19-13-4-5-14-12(8-13)6-7-20(14)9-17(23)24/h4-8,15H,2-3,9-11H2,1H3,(H,19,25)(H,23,24). The fourth-order valence-electron chi connectivity index (χ4n) is 3.05. The molecular weight excluding hydrogens is 354 g/mol. The largest absolute Gasteiger partial charge is 0.480 e. The number of rotatable bonds is 6. The van der Waals surface area contributed by atoms with E-state index >= 15 is 0 Å². The van der Waals surface area contributed by atoms with Crippen LogP contribution >= 0.6 is 11.8 Å². The molecule has 1 atom stereocenters. The number of aliphatic carboxylic acids is 1. The lowest BCUT2D eigenvalue weighted by atomic mass is 10.2. The first-order valence-electron chi connectivity index (χ1n) is 8.48. The van der Waals surface area contributed by atoms with Crippen molar-refractivity contribution in [2.75, 3.05) is 16.9 Å². The van der Waals surface area contributed by atoms with Gasteiger partial charge in [0, 0.05) is 35.0 Å². The van der Waals surface area contributed by atoms with Crippen molar-refractivity contribution >= 4 is 46.1 Å². The van der Waals surface area contributed by atoms with E-state index in [9.17, 15) is 14.4 Å². The molecule has 0 radical (unpaired) electrons. The molecule has 1 aliphatic rings. The number of nitrogens with zero attached hydrogens (tertiary/aromatic N) is 2. The fourth-order valence-corrected chi connectivity index (χ4v) is 4.23. The molecule has 0 saturated carbocycles. The van der Waals surface area contributed by atoms with Crippen LogP contribution in [0.25, 0.3) is 10.9 Å². The average molecular weight is 375 g/mol. The van der Waals surface area contributed by atoms with E-state index in [0.29, 0.717) is 23.7 Å². The van der Waals surface area contributed by atoms with Crippen LogP contribution in [0.3, 0.4) is 0 Å². The molecule has 1 saturated heterocycles. The molecule has 26 heavy (non-hydrogen) atoms. The van der Waals surface area contributed by atoms with Crippen molar-refractivity contribution in [1.29, 1.82) is 0 Å². The minimum absolute atomic E-state index is 0.0128. The molecule has 2 N–H and O–H groups in total. The number of thioether (sulfide) groups is 1. The SMILES string of the molecule is CCCC(=O)N1CSCC1C(=O)Nc1ccc2c(ccn2CC(=O)O)c1. The predicted molar refractivity (Wildman–Crippen MR) is 101 cm³/mol. The van der Waals surface area contributed by atoms with Crippen LogP contribution in [-0.2, 0) is 20.9 Å². The normalized spacial score (nSPS) is 16.8. The lowest BCUT2D eigenvalue weighted by Gasteiger charge is -2.23. The van der Waals surface area contributed by atoms with Gasteiger partial charge in [0.05, 0.1) is 5.88 Å². The van der Waals surface area contributed by atoms with E-state index in [1.165, 1.54) is 0 Å². The van der Waals surface area contributed by atoms with Gasteiger partial charge in [0.25, 0.3) is 0 Å². The Morgan fingerprint density at radius 2 is 2.12 bits per heavy atom. The van der Waals surface area contributed by atoms with Crippen LogP contribution in [0.4, 0.5) is 5.69 Å². The van der Waals surface area contributed by atoms with Gasteiger partial charge in [0.1, 0.15) is 12.6 Å². The Morgan fingerprint density at radius 3 is 2.85 bits per heavy atom. The van der Waals surface area contributed by atoms with Gasteiger partial charge in [-0.2, -0.15) is 0 Å². The lowest BCUT2D eigenvalue weighted by Crippen LogP contribution is -2.44. The van der Waals surface area contributed by atoms with Crippen LogP contribution in [0.5, 0.6) is 0 Å². The number of aromatic nitrogens is 1. The van der Waals surface area contributed by atoms with E-state index in [-0.39, 0.29) is 18.4 Å². The molecule has 0 bridgehead atoms. The maximum absolute atomic E-state index is 12.6. The predicted octanol–water partition coefficient (Wildman–Crippen LogP) is 2.37. The van der Waals surface area contributed by atoms with Crippen LogP contribution in [0.2, 0.25) is 0 Å². The molecule has 1 aliphatic heterocycles. The zero-order valence-electron chi connectivity index (χ0n) is 14.5. The van der Waals surface area contributed by atoms with E-state index < -0.39 is 12.0 Å². The monoisotopic (exact) mass is 375 g/mol. The van der Waals surface area contributed by atoms with E-state index in [1.54, 1.807) is 39.6 Å². The lowest BCUT2D eigenvalue weighted by molar-refractivity contribution is -0.137. The average Bonchev–Trinajstić information content (AvgIpc) is 3.22. The molecular formula is C18H21N3O4S. The summed E-state index contributed by atoms with van der Waals surface area (Å²) in [6.45, 7) is 1.84. The van der Waals surface area contributed by atoms with Crippen LogP contribution in [0, 0.1) is 0 Å². The van der Waals surface area contributed by atoms with E-state index in [1.807, 2.05) is 19.1 Å². The summed E-state index contributed by atoms with van der Waals surface area (Å²) >= 11 is 1.58. The number of nitrogens with one attached hydrogen (secondary N) is 1. The van der Waals surface area contributed by atoms with Gasteiger partial charge >= 0.3 is 5.97 Å². The molecule has 1 unspecified atom stereocenters. The highest BCUT2D eigenvalue weighted by Gasteiger charge is 2.34. The number of carboxylic acids is 1. The summed E-state index contributed by atoms with van der Waals surface area (Å²) in [5, 5.41) is 12.7. The molecule has 3 rings (SSSR count). The Balaban J connectivity index is 1.73. The molecule has 0 aliphatic carbocycles. The van der Waals surface area contributed by atoms with Crippen molar-refractivity contribution in [3.05, 3.63) is 30.5 Å². The summed E-state index contributed by atoms with van der Waals surface area (Å²) in [5.74, 6) is 0.0602. The number of amides is 2. The minimum atomic E-state index is -0.907. The van der Waals surface area contributed by atoms with Crippen molar-refractivity contribution in [1.82, 2.24) is 9.47 Å². The van der Waals surface area contributed by atoms with Gasteiger partial charge in [0.2, 0.25) is 11.8 Å². The Morgan fingerprint density at radius 1 is 1.31 bits per heavy atom. The molecule has 1 aromatic heterocycles. The molecule has 7 nitrogen and oxygen atoms in total. The van der Waals surface area contributed by atoms with E-state index in [2.05, 4.69) is 5.32 Å². The first-order valence-corrected chi connectivity index (χ1v) is 9.64. The van der Waals surface area contributed by atoms with Crippen molar-refractivity contribution in [2.45, 2.75) is 32.4 Å². The van der Waals surface area contributed by atoms with E-state index in [0.717, 1.165) is 17.3 Å². The summed E-state index contributed by atoms with van der Waals surface area (Å²) in [7, 11) is 0. The number of fused-ring (bicyclic) bond motifs is 1. The second-order valence-corrected chi connectivity index (χ2v) is 7.23. The topological polar surface area (TPSA) is 91.6 Å². The molecule has 2 aromatic rings. The van der Waals surface area contributed by atoms with Gasteiger partial charge in [-0.05, 0) is 30.7 Å². The maximum atomic E-state index is 12.6. The molecule has 2 heterocycles. The highest BCUT2D eigenvalue weighted by atomic mass is 32.2. The summed E-state index contributed by atoms with van der Waals surface area (Å²) < 4.78 is 1.64. The molecule has 138 valence electrons. The van der Waals surface area contributed by atoms with Crippen LogP contribution in [-0.4, -0.2) is 50.0 Å². The minimum Gasteiger partial charge on any atom is -0.480 e. The highest BCUT2D eigenvalue weighted by molar-refractivity contribution is 7.99. The van der Waals surface area contributed by atoms with Gasteiger partial charge in [0.15, 0.2) is 0 Å². The fraction of sp³-hybridized carbons (Fsp3) is 0.389. The van der Waals surface area contributed by atoms with Crippen LogP contribution < -0.4 is 5.32 Å². The molecule has 0 spiro atoms. The van der Waals surface area contributed by atoms with Crippen LogP contribution in [0.1, 0.15) is 19.8 Å². The van der Waals surface area contributed by atoms with Gasteiger partial charge in [-0.1, -0.05) is 6.92 Å². The Bertz CT molecular complexity index is 848. The van der Waals surface area contributed by atoms with Crippen molar-refractivity contribution in [3.8, 4) is 0 Å². The maximum Gasteiger partial charge on any atom is 0.323 e. The quantitative estimate of drug-likeness (QED) is 0.809. The Kier molecular flexibility index (Phi) is 5.51. The summed E-state index contributed by atoms with van der Waals surface area (Å²) in [4.78, 5) is 37.3.